The molecule has 0 rings (SSSR count). The fraction of sp³-hybridized carbons (Fsp3) is 1.00. The highest BCUT2D eigenvalue weighted by atomic mass is 14.0. The molecule has 0 heteroatoms. The van der Waals surface area contributed by atoms with E-state index in [-0.39, 0.29) is 0 Å². The van der Waals surface area contributed by atoms with Gasteiger partial charge < -0.3 is 0 Å². The second-order valence-corrected chi connectivity index (χ2v) is 4.36. The van der Waals surface area contributed by atoms with E-state index in [0.717, 1.165) is 5.92 Å². The summed E-state index contributed by atoms with van der Waals surface area (Å²) < 4.78 is 0. The predicted molar refractivity (Wildman–Crippen MR) is 68.8 cm³/mol. The summed E-state index contributed by atoms with van der Waals surface area (Å²) in [6, 6.07) is 0. The summed E-state index contributed by atoms with van der Waals surface area (Å²) in [4.78, 5) is 0. The van der Waals surface area contributed by atoms with Gasteiger partial charge in [-0.05, 0) is 5.92 Å². The number of hydrogen-bond acceptors (Lipinski definition) is 0. The van der Waals surface area contributed by atoms with Crippen molar-refractivity contribution in [1.29, 1.82) is 0 Å². The van der Waals surface area contributed by atoms with Crippen molar-refractivity contribution in [2.45, 2.75) is 86.0 Å². The summed E-state index contributed by atoms with van der Waals surface area (Å²) in [5.74, 6) is 0.954. The van der Waals surface area contributed by atoms with Gasteiger partial charge in [0, 0.05) is 0 Å². The number of hydrogen-bond donors (Lipinski definition) is 0. The lowest BCUT2D eigenvalue weighted by Crippen LogP contribution is -1.89. The zero-order valence-electron chi connectivity index (χ0n) is 11.2. The van der Waals surface area contributed by atoms with E-state index < -0.39 is 0 Å². The molecule has 0 heterocycles. The molecule has 0 aromatic rings. The Balaban J connectivity index is 0. The Morgan fingerprint density at radius 1 is 0.714 bits per heavy atom. The van der Waals surface area contributed by atoms with Gasteiger partial charge in [-0.25, -0.2) is 0 Å². The van der Waals surface area contributed by atoms with E-state index in [1.807, 2.05) is 0 Å². The van der Waals surface area contributed by atoms with E-state index >= 15 is 0 Å². The first-order valence-electron chi connectivity index (χ1n) is 6.72. The van der Waals surface area contributed by atoms with Crippen molar-refractivity contribution >= 4 is 0 Å². The van der Waals surface area contributed by atoms with Crippen LogP contribution in [0.3, 0.4) is 0 Å². The van der Waals surface area contributed by atoms with Crippen molar-refractivity contribution in [1.82, 2.24) is 0 Å². The minimum atomic E-state index is 0.954. The van der Waals surface area contributed by atoms with E-state index in [4.69, 9.17) is 0 Å². The van der Waals surface area contributed by atoms with Crippen LogP contribution < -0.4 is 0 Å². The normalized spacial score (nSPS) is 11.8. The van der Waals surface area contributed by atoms with Gasteiger partial charge in [0.15, 0.2) is 0 Å². The van der Waals surface area contributed by atoms with Crippen molar-refractivity contribution in [3.05, 3.63) is 0 Å². The molecule has 88 valence electrons. The average Bonchev–Trinajstić information content (AvgIpc) is 2.23. The fourth-order valence-corrected chi connectivity index (χ4v) is 1.26. The van der Waals surface area contributed by atoms with E-state index in [1.165, 1.54) is 51.4 Å². The molecule has 0 aromatic carbocycles. The first-order valence-corrected chi connectivity index (χ1v) is 6.72. The van der Waals surface area contributed by atoms with Crippen molar-refractivity contribution in [2.24, 2.45) is 5.92 Å². The van der Waals surface area contributed by atoms with Crippen molar-refractivity contribution in [2.75, 3.05) is 0 Å². The third kappa shape index (κ3) is 17.9. The van der Waals surface area contributed by atoms with Crippen LogP contribution in [0.2, 0.25) is 0 Å². The van der Waals surface area contributed by atoms with Gasteiger partial charge in [0.1, 0.15) is 0 Å². The average molecular weight is 200 g/mol. The zero-order chi connectivity index (χ0) is 11.2. The molecule has 0 amide bonds. The Morgan fingerprint density at radius 3 is 1.43 bits per heavy atom. The molecule has 0 aliphatic rings. The Kier molecular flexibility index (Phi) is 18.2. The topological polar surface area (TPSA) is 0 Å². The first kappa shape index (κ1) is 16.4. The summed E-state index contributed by atoms with van der Waals surface area (Å²) in [6.07, 6.45) is 11.1. The monoisotopic (exact) mass is 200 g/mol. The van der Waals surface area contributed by atoms with Crippen LogP contribution in [-0.2, 0) is 0 Å². The Bertz CT molecular complexity index is 72.1. The number of rotatable bonds is 7. The molecule has 0 aliphatic heterocycles. The van der Waals surface area contributed by atoms with Gasteiger partial charge in [-0.1, -0.05) is 86.0 Å². The lowest BCUT2D eigenvalue weighted by Gasteiger charge is -2.04. The summed E-state index contributed by atoms with van der Waals surface area (Å²) in [5.41, 5.74) is 0. The van der Waals surface area contributed by atoms with Gasteiger partial charge in [0.2, 0.25) is 0 Å². The fourth-order valence-electron chi connectivity index (χ4n) is 1.26. The van der Waals surface area contributed by atoms with Crippen LogP contribution in [0.1, 0.15) is 86.0 Å². The lowest BCUT2D eigenvalue weighted by atomic mass is 10.0. The minimum absolute atomic E-state index is 0.954. The third-order valence-electron chi connectivity index (χ3n) is 2.70. The van der Waals surface area contributed by atoms with Gasteiger partial charge in [-0.2, -0.15) is 0 Å². The van der Waals surface area contributed by atoms with E-state index in [0.29, 0.717) is 0 Å². The molecule has 0 saturated heterocycles. The molecule has 0 spiro atoms. The van der Waals surface area contributed by atoms with Crippen LogP contribution in [0.4, 0.5) is 0 Å². The zero-order valence-corrected chi connectivity index (χ0v) is 11.2. The maximum atomic E-state index is 2.33. The molecule has 0 fully saturated rings. The smallest absolute Gasteiger partial charge is 0.0445 e. The van der Waals surface area contributed by atoms with Crippen LogP contribution in [0.5, 0.6) is 0 Å². The maximum Gasteiger partial charge on any atom is -0.0445 e. The Hall–Kier alpha value is 0. The van der Waals surface area contributed by atoms with Crippen molar-refractivity contribution in [3.63, 3.8) is 0 Å². The molecule has 14 heavy (non-hydrogen) atoms. The summed E-state index contributed by atoms with van der Waals surface area (Å²) in [5, 5.41) is 0. The summed E-state index contributed by atoms with van der Waals surface area (Å²) in [7, 11) is 0. The SMILES string of the molecule is CCCCC(C)CC.CCCCCC. The van der Waals surface area contributed by atoms with Gasteiger partial charge >= 0.3 is 0 Å². The van der Waals surface area contributed by atoms with Gasteiger partial charge in [0.05, 0.1) is 0 Å². The first-order chi connectivity index (χ1) is 6.72. The van der Waals surface area contributed by atoms with Crippen LogP contribution in [-0.4, -0.2) is 0 Å². The van der Waals surface area contributed by atoms with Crippen molar-refractivity contribution in [3.8, 4) is 0 Å². The van der Waals surface area contributed by atoms with Gasteiger partial charge in [-0.3, -0.25) is 0 Å². The molecule has 0 radical (unpaired) electrons. The molecule has 1 unspecified atom stereocenters. The molecule has 0 nitrogen and oxygen atoms in total. The lowest BCUT2D eigenvalue weighted by molar-refractivity contribution is 0.492. The van der Waals surface area contributed by atoms with Crippen LogP contribution in [0.25, 0.3) is 0 Å². The molecule has 0 aliphatic carbocycles. The summed E-state index contributed by atoms with van der Waals surface area (Å²) >= 11 is 0. The Morgan fingerprint density at radius 2 is 1.14 bits per heavy atom. The molecular formula is C14H32. The highest BCUT2D eigenvalue weighted by Gasteiger charge is 1.94. The molecule has 0 aromatic heterocycles. The highest BCUT2D eigenvalue weighted by molar-refractivity contribution is 4.47. The molecular weight excluding hydrogens is 168 g/mol. The largest absolute Gasteiger partial charge is 0.0654 e. The Labute approximate surface area is 92.5 Å². The summed E-state index contributed by atoms with van der Waals surface area (Å²) in [6.45, 7) is 11.3. The van der Waals surface area contributed by atoms with Crippen LogP contribution in [0.15, 0.2) is 0 Å². The van der Waals surface area contributed by atoms with Crippen molar-refractivity contribution < 1.29 is 0 Å². The van der Waals surface area contributed by atoms with Crippen LogP contribution >= 0.6 is 0 Å². The van der Waals surface area contributed by atoms with Gasteiger partial charge in [-0.15, -0.1) is 0 Å². The third-order valence-corrected chi connectivity index (χ3v) is 2.70. The highest BCUT2D eigenvalue weighted by Crippen LogP contribution is 2.09. The molecule has 0 N–H and O–H groups in total. The molecule has 1 atom stereocenters. The quantitative estimate of drug-likeness (QED) is 0.455. The predicted octanol–water partition coefficient (Wildman–Crippen LogP) is 5.81. The molecule has 0 saturated carbocycles. The van der Waals surface area contributed by atoms with E-state index in [2.05, 4.69) is 34.6 Å². The molecule has 0 bridgehead atoms. The van der Waals surface area contributed by atoms with Crippen LogP contribution in [0, 0.1) is 5.92 Å². The van der Waals surface area contributed by atoms with E-state index in [9.17, 15) is 0 Å². The minimum Gasteiger partial charge on any atom is -0.0654 e. The second-order valence-electron chi connectivity index (χ2n) is 4.36. The standard InChI is InChI=1S/C8H18.C6H14/c1-4-6-7-8(3)5-2;1-3-5-6-4-2/h8H,4-7H2,1-3H3;3-6H2,1-2H3. The number of unbranched alkanes of at least 4 members (excludes halogenated alkanes) is 4. The maximum absolute atomic E-state index is 2.33. The van der Waals surface area contributed by atoms with E-state index in [1.54, 1.807) is 0 Å². The van der Waals surface area contributed by atoms with Gasteiger partial charge in [0.25, 0.3) is 0 Å². The second kappa shape index (κ2) is 15.5.